The van der Waals surface area contributed by atoms with E-state index in [1.54, 1.807) is 7.05 Å². The topological polar surface area (TPSA) is 114 Å². The Labute approximate surface area is 88.1 Å². The summed E-state index contributed by atoms with van der Waals surface area (Å²) < 4.78 is 0. The van der Waals surface area contributed by atoms with E-state index >= 15 is 0 Å². The number of aliphatic hydroxyl groups excluding tert-OH is 1. The van der Waals surface area contributed by atoms with Crippen LogP contribution in [0.2, 0.25) is 0 Å². The highest BCUT2D eigenvalue weighted by molar-refractivity contribution is 5.39. The molecule has 0 aromatic carbocycles. The molecule has 1 atom stereocenters. The van der Waals surface area contributed by atoms with Gasteiger partial charge in [-0.2, -0.15) is 15.0 Å². The minimum atomic E-state index is -0.642. The van der Waals surface area contributed by atoms with Crippen molar-refractivity contribution in [2.24, 2.45) is 0 Å². The molecule has 0 radical (unpaired) electrons. The lowest BCUT2D eigenvalue weighted by molar-refractivity contribution is 0.162. The van der Waals surface area contributed by atoms with Crippen molar-refractivity contribution in [2.75, 3.05) is 23.4 Å². The minimum absolute atomic E-state index is 0.0491. The van der Waals surface area contributed by atoms with E-state index in [9.17, 15) is 5.11 Å². The molecule has 0 bridgehead atoms. The summed E-state index contributed by atoms with van der Waals surface area (Å²) in [5, 5.41) is 9.70. The third-order valence-corrected chi connectivity index (χ3v) is 1.97. The van der Waals surface area contributed by atoms with Crippen molar-refractivity contribution < 1.29 is 5.11 Å². The summed E-state index contributed by atoms with van der Waals surface area (Å²) in [6, 6.07) is 0. The first-order valence-corrected chi connectivity index (χ1v) is 4.72. The summed E-state index contributed by atoms with van der Waals surface area (Å²) in [6.07, 6.45) is 0.847. The van der Waals surface area contributed by atoms with Gasteiger partial charge in [0.2, 0.25) is 17.8 Å². The first kappa shape index (κ1) is 11.4. The SMILES string of the molecule is CCCC(O)N(C)c1nc(N)nc(N)n1. The van der Waals surface area contributed by atoms with Crippen molar-refractivity contribution in [1.29, 1.82) is 0 Å². The molecule has 15 heavy (non-hydrogen) atoms. The molecule has 1 unspecified atom stereocenters. The number of hydrogen-bond acceptors (Lipinski definition) is 7. The first-order valence-electron chi connectivity index (χ1n) is 4.72. The number of nitrogen functional groups attached to an aromatic ring is 2. The average molecular weight is 212 g/mol. The van der Waals surface area contributed by atoms with Crippen molar-refractivity contribution in [1.82, 2.24) is 15.0 Å². The van der Waals surface area contributed by atoms with Crippen LogP contribution in [0.3, 0.4) is 0 Å². The monoisotopic (exact) mass is 212 g/mol. The van der Waals surface area contributed by atoms with Gasteiger partial charge in [-0.25, -0.2) is 0 Å². The Hall–Kier alpha value is -1.63. The van der Waals surface area contributed by atoms with Crippen molar-refractivity contribution in [2.45, 2.75) is 26.0 Å². The smallest absolute Gasteiger partial charge is 0.233 e. The quantitative estimate of drug-likeness (QED) is 0.581. The van der Waals surface area contributed by atoms with E-state index in [0.717, 1.165) is 6.42 Å². The maximum absolute atomic E-state index is 9.70. The first-order chi connectivity index (χ1) is 7.04. The zero-order chi connectivity index (χ0) is 11.4. The molecule has 0 fully saturated rings. The van der Waals surface area contributed by atoms with Gasteiger partial charge in [-0.1, -0.05) is 13.3 Å². The van der Waals surface area contributed by atoms with Crippen LogP contribution in [-0.2, 0) is 0 Å². The lowest BCUT2D eigenvalue weighted by Gasteiger charge is -2.23. The van der Waals surface area contributed by atoms with Crippen LogP contribution >= 0.6 is 0 Å². The van der Waals surface area contributed by atoms with E-state index in [4.69, 9.17) is 11.5 Å². The van der Waals surface area contributed by atoms with Crippen LogP contribution in [0.25, 0.3) is 0 Å². The lowest BCUT2D eigenvalue weighted by Crippen LogP contribution is -2.33. The Kier molecular flexibility index (Phi) is 3.62. The van der Waals surface area contributed by atoms with E-state index in [2.05, 4.69) is 15.0 Å². The zero-order valence-electron chi connectivity index (χ0n) is 8.88. The molecule has 1 aromatic rings. The van der Waals surface area contributed by atoms with Crippen LogP contribution in [0.5, 0.6) is 0 Å². The van der Waals surface area contributed by atoms with Gasteiger partial charge in [-0.05, 0) is 6.42 Å². The fourth-order valence-corrected chi connectivity index (χ4v) is 1.14. The summed E-state index contributed by atoms with van der Waals surface area (Å²) in [7, 11) is 1.68. The molecule has 0 amide bonds. The van der Waals surface area contributed by atoms with Gasteiger partial charge in [-0.15, -0.1) is 0 Å². The highest BCUT2D eigenvalue weighted by Crippen LogP contribution is 2.12. The van der Waals surface area contributed by atoms with E-state index in [1.807, 2.05) is 6.92 Å². The van der Waals surface area contributed by atoms with Crippen LogP contribution in [-0.4, -0.2) is 33.3 Å². The molecule has 0 saturated carbocycles. The van der Waals surface area contributed by atoms with E-state index < -0.39 is 6.23 Å². The molecule has 84 valence electrons. The molecule has 0 aliphatic rings. The van der Waals surface area contributed by atoms with Crippen molar-refractivity contribution in [3.63, 3.8) is 0 Å². The molecule has 0 aliphatic carbocycles. The Morgan fingerprint density at radius 3 is 2.27 bits per heavy atom. The van der Waals surface area contributed by atoms with Gasteiger partial charge in [-0.3, -0.25) is 0 Å². The molecule has 7 heteroatoms. The average Bonchev–Trinajstić information content (AvgIpc) is 2.15. The van der Waals surface area contributed by atoms with Gasteiger partial charge >= 0.3 is 0 Å². The highest BCUT2D eigenvalue weighted by atomic mass is 16.3. The molecule has 0 saturated heterocycles. The number of aliphatic hydroxyl groups is 1. The van der Waals surface area contributed by atoms with E-state index in [-0.39, 0.29) is 17.8 Å². The van der Waals surface area contributed by atoms with Gasteiger partial charge in [0.1, 0.15) is 6.23 Å². The van der Waals surface area contributed by atoms with Crippen LogP contribution in [0.4, 0.5) is 17.8 Å². The van der Waals surface area contributed by atoms with Crippen LogP contribution in [0, 0.1) is 0 Å². The van der Waals surface area contributed by atoms with Crippen LogP contribution < -0.4 is 16.4 Å². The van der Waals surface area contributed by atoms with Gasteiger partial charge in [0.15, 0.2) is 0 Å². The molecule has 5 N–H and O–H groups in total. The third-order valence-electron chi connectivity index (χ3n) is 1.97. The largest absolute Gasteiger partial charge is 0.374 e. The minimum Gasteiger partial charge on any atom is -0.374 e. The number of nitrogens with zero attached hydrogens (tertiary/aromatic N) is 4. The van der Waals surface area contributed by atoms with E-state index in [1.165, 1.54) is 4.90 Å². The van der Waals surface area contributed by atoms with Crippen molar-refractivity contribution in [3.05, 3.63) is 0 Å². The third kappa shape index (κ3) is 2.91. The Balaban J connectivity index is 2.85. The highest BCUT2D eigenvalue weighted by Gasteiger charge is 2.14. The van der Waals surface area contributed by atoms with Gasteiger partial charge in [0.05, 0.1) is 0 Å². The summed E-state index contributed by atoms with van der Waals surface area (Å²) in [4.78, 5) is 12.9. The summed E-state index contributed by atoms with van der Waals surface area (Å²) in [5.74, 6) is 0.377. The number of aromatic nitrogens is 3. The molecule has 1 rings (SSSR count). The number of nitrogens with two attached hydrogens (primary N) is 2. The Morgan fingerprint density at radius 2 is 1.80 bits per heavy atom. The standard InChI is InChI=1S/C8H16N6O/c1-3-4-5(15)14(2)8-12-6(9)11-7(10)13-8/h5,15H,3-4H2,1-2H3,(H4,9,10,11,12,13). The molecule has 7 nitrogen and oxygen atoms in total. The number of hydrogen-bond donors (Lipinski definition) is 3. The predicted octanol–water partition coefficient (Wildman–Crippen LogP) is -0.409. The molecular formula is C8H16N6O. The Bertz CT molecular complexity index is 311. The lowest BCUT2D eigenvalue weighted by atomic mass is 10.3. The fraction of sp³-hybridized carbons (Fsp3) is 0.625. The maximum atomic E-state index is 9.70. The van der Waals surface area contributed by atoms with E-state index in [0.29, 0.717) is 6.42 Å². The maximum Gasteiger partial charge on any atom is 0.233 e. The second-order valence-electron chi connectivity index (χ2n) is 3.23. The summed E-state index contributed by atoms with van der Waals surface area (Å²) in [6.45, 7) is 1.98. The number of anilines is 3. The zero-order valence-corrected chi connectivity index (χ0v) is 8.88. The summed E-state index contributed by atoms with van der Waals surface area (Å²) in [5.41, 5.74) is 10.8. The van der Waals surface area contributed by atoms with Crippen LogP contribution in [0.1, 0.15) is 19.8 Å². The van der Waals surface area contributed by atoms with Gasteiger partial charge in [0.25, 0.3) is 0 Å². The predicted molar refractivity (Wildman–Crippen MR) is 58.0 cm³/mol. The van der Waals surface area contributed by atoms with Crippen molar-refractivity contribution >= 4 is 17.8 Å². The summed E-state index contributed by atoms with van der Waals surface area (Å²) >= 11 is 0. The fourth-order valence-electron chi connectivity index (χ4n) is 1.14. The molecular weight excluding hydrogens is 196 g/mol. The second-order valence-corrected chi connectivity index (χ2v) is 3.23. The molecule has 0 spiro atoms. The van der Waals surface area contributed by atoms with Crippen molar-refractivity contribution in [3.8, 4) is 0 Å². The molecule has 0 aliphatic heterocycles. The van der Waals surface area contributed by atoms with Gasteiger partial charge in [0, 0.05) is 7.05 Å². The van der Waals surface area contributed by atoms with Crippen LogP contribution in [0.15, 0.2) is 0 Å². The van der Waals surface area contributed by atoms with Gasteiger partial charge < -0.3 is 21.5 Å². The number of rotatable bonds is 4. The normalized spacial score (nSPS) is 12.5. The molecule has 1 aromatic heterocycles. The molecule has 1 heterocycles. The Morgan fingerprint density at radius 1 is 1.27 bits per heavy atom. The second kappa shape index (κ2) is 4.74.